The third-order valence-electron chi connectivity index (χ3n) is 3.30. The van der Waals surface area contributed by atoms with Crippen LogP contribution in [0.1, 0.15) is 6.23 Å². The molecule has 20 heavy (non-hydrogen) atoms. The number of rotatable bonds is 3. The molecule has 4 atom stereocenters. The van der Waals surface area contributed by atoms with E-state index in [1.165, 1.54) is 22.8 Å². The summed E-state index contributed by atoms with van der Waals surface area (Å²) in [5.41, 5.74) is 1.26. The fourth-order valence-corrected chi connectivity index (χ4v) is 2.83. The lowest BCUT2D eigenvalue weighted by atomic mass is 10.1. The van der Waals surface area contributed by atoms with Crippen LogP contribution in [0.3, 0.4) is 0 Å². The van der Waals surface area contributed by atoms with E-state index in [2.05, 4.69) is 15.1 Å². The van der Waals surface area contributed by atoms with Crippen LogP contribution in [0.15, 0.2) is 17.6 Å². The van der Waals surface area contributed by atoms with Crippen molar-refractivity contribution >= 4 is 22.8 Å². The molecule has 9 heteroatoms. The Balaban J connectivity index is 2.07. The maximum absolute atomic E-state index is 10.1. The van der Waals surface area contributed by atoms with E-state index < -0.39 is 24.5 Å². The van der Waals surface area contributed by atoms with Gasteiger partial charge in [-0.3, -0.25) is 0 Å². The molecule has 1 aliphatic rings. The fraction of sp³-hybridized carbons (Fsp3) is 0.545. The zero-order valence-corrected chi connectivity index (χ0v) is 11.4. The van der Waals surface area contributed by atoms with Gasteiger partial charge in [-0.2, -0.15) is 5.10 Å². The van der Waals surface area contributed by atoms with Crippen LogP contribution in [0.4, 0.5) is 0 Å². The molecule has 0 spiro atoms. The first-order valence-electron chi connectivity index (χ1n) is 6.02. The lowest BCUT2D eigenvalue weighted by molar-refractivity contribution is -0.0565. The average molecular weight is 298 g/mol. The van der Waals surface area contributed by atoms with Crippen molar-refractivity contribution in [2.45, 2.75) is 29.6 Å². The van der Waals surface area contributed by atoms with Crippen LogP contribution in [0.2, 0.25) is 0 Å². The molecule has 0 amide bonds. The first-order valence-corrected chi connectivity index (χ1v) is 7.24. The van der Waals surface area contributed by atoms with Crippen molar-refractivity contribution in [2.24, 2.45) is 0 Å². The van der Waals surface area contributed by atoms with Crippen molar-refractivity contribution in [3.8, 4) is 0 Å². The smallest absolute Gasteiger partial charge is 0.179 e. The first-order chi connectivity index (χ1) is 9.67. The van der Waals surface area contributed by atoms with Crippen molar-refractivity contribution < 1.29 is 20.1 Å². The summed E-state index contributed by atoms with van der Waals surface area (Å²) in [6.45, 7) is -0.375. The van der Waals surface area contributed by atoms with Crippen molar-refractivity contribution in [1.82, 2.24) is 19.7 Å². The van der Waals surface area contributed by atoms with E-state index in [-0.39, 0.29) is 6.61 Å². The van der Waals surface area contributed by atoms with E-state index >= 15 is 0 Å². The van der Waals surface area contributed by atoms with E-state index in [0.717, 1.165) is 0 Å². The molecule has 108 valence electrons. The molecule has 1 fully saturated rings. The molecule has 0 aromatic carbocycles. The monoisotopic (exact) mass is 298 g/mol. The minimum atomic E-state index is -1.18. The van der Waals surface area contributed by atoms with E-state index in [4.69, 9.17) is 9.84 Å². The second-order valence-corrected chi connectivity index (χ2v) is 5.23. The average Bonchev–Trinajstić information content (AvgIpc) is 3.01. The van der Waals surface area contributed by atoms with Gasteiger partial charge in [-0.25, -0.2) is 14.6 Å². The predicted molar refractivity (Wildman–Crippen MR) is 70.1 cm³/mol. The highest BCUT2D eigenvalue weighted by Crippen LogP contribution is 2.33. The molecule has 3 N–H and O–H groups in total. The minimum absolute atomic E-state index is 0.375. The maximum Gasteiger partial charge on any atom is 0.179 e. The number of hydrogen-bond donors (Lipinski definition) is 3. The number of ether oxygens (including phenoxy) is 1. The standard InChI is InChI=1S/C11H14N4O4S/c1-20-10-7-5(12-4-13-10)2-14-15(7)11-9(18)8(17)6(3-16)19-11/h2,4,6,8-9,11,16-18H,3H2,1H3/t6-,8+,9-,11+/m0/s1. The molecule has 0 bridgehead atoms. The third-order valence-corrected chi connectivity index (χ3v) is 3.99. The highest BCUT2D eigenvalue weighted by atomic mass is 32.2. The predicted octanol–water partition coefficient (Wildman–Crippen LogP) is -0.840. The molecule has 2 aromatic rings. The summed E-state index contributed by atoms with van der Waals surface area (Å²) in [4.78, 5) is 8.26. The zero-order chi connectivity index (χ0) is 14.3. The Hall–Kier alpha value is -1.26. The van der Waals surface area contributed by atoms with Crippen LogP contribution >= 0.6 is 11.8 Å². The normalized spacial score (nSPS) is 30.2. The molecule has 3 rings (SSSR count). The Kier molecular flexibility index (Phi) is 3.61. The molecule has 1 saturated heterocycles. The second kappa shape index (κ2) is 5.26. The largest absolute Gasteiger partial charge is 0.394 e. The summed E-state index contributed by atoms with van der Waals surface area (Å²) < 4.78 is 6.92. The van der Waals surface area contributed by atoms with Crippen LogP contribution < -0.4 is 0 Å². The maximum atomic E-state index is 10.1. The number of fused-ring (bicyclic) bond motifs is 1. The number of aliphatic hydroxyl groups excluding tert-OH is 3. The summed E-state index contributed by atoms with van der Waals surface area (Å²) in [5, 5.41) is 33.9. The van der Waals surface area contributed by atoms with Gasteiger partial charge in [0.15, 0.2) is 6.23 Å². The summed E-state index contributed by atoms with van der Waals surface area (Å²) in [5.74, 6) is 0. The Labute approximate surface area is 118 Å². The molecule has 1 aliphatic heterocycles. The molecule has 8 nitrogen and oxygen atoms in total. The third kappa shape index (κ3) is 1.98. The molecular formula is C11H14N4O4S. The SMILES string of the molecule is CSc1ncnc2cnn([C@@H]3O[C@@H](CO)[C@@H](O)[C@@H]3O)c12. The van der Waals surface area contributed by atoms with E-state index in [1.54, 1.807) is 6.20 Å². The molecule has 2 aromatic heterocycles. The number of thioether (sulfide) groups is 1. The fourth-order valence-electron chi connectivity index (χ4n) is 2.28. The Morgan fingerprint density at radius 2 is 2.15 bits per heavy atom. The van der Waals surface area contributed by atoms with Crippen molar-refractivity contribution in [1.29, 1.82) is 0 Å². The number of hydrogen-bond acceptors (Lipinski definition) is 8. The Bertz CT molecular complexity index is 621. The van der Waals surface area contributed by atoms with Gasteiger partial charge in [0.1, 0.15) is 40.7 Å². The van der Waals surface area contributed by atoms with Gasteiger partial charge >= 0.3 is 0 Å². The summed E-state index contributed by atoms with van der Waals surface area (Å²) in [6.07, 6.45) is 0.810. The first kappa shape index (κ1) is 13.7. The van der Waals surface area contributed by atoms with E-state index in [1.807, 2.05) is 6.26 Å². The van der Waals surface area contributed by atoms with Gasteiger partial charge in [0.25, 0.3) is 0 Å². The van der Waals surface area contributed by atoms with Gasteiger partial charge in [0.05, 0.1) is 12.8 Å². The summed E-state index contributed by atoms with van der Waals surface area (Å²) >= 11 is 1.42. The second-order valence-electron chi connectivity index (χ2n) is 4.43. The van der Waals surface area contributed by atoms with Crippen molar-refractivity contribution in [2.75, 3.05) is 12.9 Å². The Morgan fingerprint density at radius 3 is 2.80 bits per heavy atom. The van der Waals surface area contributed by atoms with Crippen LogP contribution in [0, 0.1) is 0 Å². The number of aromatic nitrogens is 4. The highest BCUT2D eigenvalue weighted by molar-refractivity contribution is 7.98. The van der Waals surface area contributed by atoms with E-state index in [9.17, 15) is 10.2 Å². The zero-order valence-electron chi connectivity index (χ0n) is 10.6. The summed E-state index contributed by atoms with van der Waals surface area (Å²) in [7, 11) is 0. The molecule has 0 unspecified atom stereocenters. The van der Waals surface area contributed by atoms with Crippen molar-refractivity contribution in [3.05, 3.63) is 12.5 Å². The van der Waals surface area contributed by atoms with Crippen molar-refractivity contribution in [3.63, 3.8) is 0 Å². The van der Waals surface area contributed by atoms with Crippen LogP contribution in [-0.4, -0.2) is 66.2 Å². The van der Waals surface area contributed by atoms with Gasteiger partial charge in [-0.05, 0) is 6.26 Å². The lowest BCUT2D eigenvalue weighted by Gasteiger charge is -2.16. The van der Waals surface area contributed by atoms with Crippen LogP contribution in [0.25, 0.3) is 11.0 Å². The topological polar surface area (TPSA) is 114 Å². The minimum Gasteiger partial charge on any atom is -0.394 e. The van der Waals surface area contributed by atoms with Gasteiger partial charge < -0.3 is 20.1 Å². The van der Waals surface area contributed by atoms with Gasteiger partial charge in [0, 0.05) is 0 Å². The van der Waals surface area contributed by atoms with Gasteiger partial charge in [0.2, 0.25) is 0 Å². The Morgan fingerprint density at radius 1 is 1.35 bits per heavy atom. The molecule has 0 aliphatic carbocycles. The van der Waals surface area contributed by atoms with E-state index in [0.29, 0.717) is 16.1 Å². The number of nitrogens with zero attached hydrogens (tertiary/aromatic N) is 4. The quantitative estimate of drug-likeness (QED) is 0.496. The number of aliphatic hydroxyl groups is 3. The van der Waals surface area contributed by atoms with Crippen LogP contribution in [0.5, 0.6) is 0 Å². The lowest BCUT2D eigenvalue weighted by Crippen LogP contribution is -2.33. The highest BCUT2D eigenvalue weighted by Gasteiger charge is 2.44. The van der Waals surface area contributed by atoms with Crippen LogP contribution in [-0.2, 0) is 4.74 Å². The van der Waals surface area contributed by atoms with Gasteiger partial charge in [-0.1, -0.05) is 0 Å². The molecular weight excluding hydrogens is 284 g/mol. The molecule has 0 radical (unpaired) electrons. The van der Waals surface area contributed by atoms with Gasteiger partial charge in [-0.15, -0.1) is 11.8 Å². The molecule has 3 heterocycles. The molecule has 0 saturated carbocycles. The summed E-state index contributed by atoms with van der Waals surface area (Å²) in [6, 6.07) is 0.